The number of nitrogens with one attached hydrogen (secondary N) is 1. The van der Waals surface area contributed by atoms with E-state index >= 15 is 0 Å². The number of hydrogen-bond donors (Lipinski definition) is 1. The molecule has 0 atom stereocenters. The van der Waals surface area contributed by atoms with Crippen molar-refractivity contribution >= 4 is 17.3 Å². The molecule has 0 aliphatic heterocycles. The fourth-order valence-corrected chi connectivity index (χ4v) is 2.80. The third kappa shape index (κ3) is 3.11. The molecule has 0 bridgehead atoms. The first-order valence-electron chi connectivity index (χ1n) is 6.76. The molecule has 1 aliphatic rings. The quantitative estimate of drug-likeness (QED) is 0.648. The van der Waals surface area contributed by atoms with Crippen LogP contribution in [0.1, 0.15) is 24.8 Å². The lowest BCUT2D eigenvalue weighted by Gasteiger charge is -2.47. The molecule has 1 aliphatic carbocycles. The Morgan fingerprint density at radius 1 is 1.45 bits per heavy atom. The van der Waals surface area contributed by atoms with Gasteiger partial charge in [-0.05, 0) is 45.0 Å². The number of likely N-dealkylation sites (N-methyl/N-ethyl adjacent to an activating group) is 1. The van der Waals surface area contributed by atoms with Crippen LogP contribution in [0.2, 0.25) is 5.02 Å². The van der Waals surface area contributed by atoms with E-state index in [0.29, 0.717) is 6.54 Å². The molecular formula is C14H20ClN3O2. The number of nitro groups is 1. The maximum Gasteiger partial charge on any atom is 0.288 e. The third-order valence-electron chi connectivity index (χ3n) is 4.22. The molecular weight excluding hydrogens is 278 g/mol. The second-order valence-corrected chi connectivity index (χ2v) is 6.03. The van der Waals surface area contributed by atoms with Crippen molar-refractivity contribution in [2.24, 2.45) is 0 Å². The second-order valence-electron chi connectivity index (χ2n) is 5.62. The first kappa shape index (κ1) is 15.2. The lowest BCUT2D eigenvalue weighted by molar-refractivity contribution is -0.384. The number of rotatable bonds is 6. The Morgan fingerprint density at radius 3 is 2.65 bits per heavy atom. The Kier molecular flexibility index (Phi) is 4.62. The summed E-state index contributed by atoms with van der Waals surface area (Å²) in [5.74, 6) is 0. The van der Waals surface area contributed by atoms with Crippen LogP contribution in [-0.4, -0.2) is 36.0 Å². The summed E-state index contributed by atoms with van der Waals surface area (Å²) in [4.78, 5) is 12.7. The van der Waals surface area contributed by atoms with Gasteiger partial charge in [0.25, 0.3) is 5.69 Å². The smallest absolute Gasteiger partial charge is 0.288 e. The van der Waals surface area contributed by atoms with E-state index in [9.17, 15) is 10.1 Å². The van der Waals surface area contributed by atoms with Gasteiger partial charge in [0.05, 0.1) is 4.92 Å². The number of halogens is 1. The van der Waals surface area contributed by atoms with Gasteiger partial charge in [0.2, 0.25) is 0 Å². The molecule has 0 heterocycles. The number of benzene rings is 1. The highest BCUT2D eigenvalue weighted by atomic mass is 35.5. The van der Waals surface area contributed by atoms with Crippen molar-refractivity contribution in [2.45, 2.75) is 31.3 Å². The number of nitrogens with zero attached hydrogens (tertiary/aromatic N) is 2. The average Bonchev–Trinajstić information content (AvgIpc) is 2.33. The van der Waals surface area contributed by atoms with Crippen LogP contribution < -0.4 is 5.32 Å². The van der Waals surface area contributed by atoms with Gasteiger partial charge in [-0.25, -0.2) is 0 Å². The summed E-state index contributed by atoms with van der Waals surface area (Å²) in [6.45, 7) is 1.52. The van der Waals surface area contributed by atoms with Gasteiger partial charge in [0.1, 0.15) is 5.02 Å². The number of hydrogen-bond acceptors (Lipinski definition) is 4. The molecule has 0 saturated heterocycles. The van der Waals surface area contributed by atoms with Crippen molar-refractivity contribution < 1.29 is 4.92 Å². The second kappa shape index (κ2) is 6.08. The van der Waals surface area contributed by atoms with Crippen molar-refractivity contribution in [1.29, 1.82) is 0 Å². The minimum Gasteiger partial charge on any atom is -0.311 e. The van der Waals surface area contributed by atoms with E-state index < -0.39 is 4.92 Å². The van der Waals surface area contributed by atoms with Crippen molar-refractivity contribution in [3.05, 3.63) is 38.9 Å². The van der Waals surface area contributed by atoms with Gasteiger partial charge in [0.15, 0.2) is 0 Å². The fraction of sp³-hybridized carbons (Fsp3) is 0.571. The van der Waals surface area contributed by atoms with Gasteiger partial charge < -0.3 is 10.2 Å². The van der Waals surface area contributed by atoms with Gasteiger partial charge >= 0.3 is 0 Å². The number of nitro benzene ring substituents is 1. The van der Waals surface area contributed by atoms with Crippen LogP contribution in [0.3, 0.4) is 0 Å². The van der Waals surface area contributed by atoms with E-state index in [2.05, 4.69) is 24.3 Å². The van der Waals surface area contributed by atoms with E-state index in [-0.39, 0.29) is 16.2 Å². The molecule has 1 N–H and O–H groups in total. The minimum atomic E-state index is -0.445. The van der Waals surface area contributed by atoms with E-state index in [0.717, 1.165) is 12.1 Å². The van der Waals surface area contributed by atoms with E-state index in [1.165, 1.54) is 19.3 Å². The Hall–Kier alpha value is -1.17. The summed E-state index contributed by atoms with van der Waals surface area (Å²) in [6, 6.07) is 4.95. The molecule has 20 heavy (non-hydrogen) atoms. The Bertz CT molecular complexity index is 501. The standard InChI is InChI=1S/C14H20ClN3O2/c1-17(2)14(6-3-7-14)10-16-9-11-4-5-12(15)13(8-11)18(19)20/h4-5,8,16H,3,6-7,9-10H2,1-2H3. The molecule has 1 aromatic carbocycles. The molecule has 1 saturated carbocycles. The van der Waals surface area contributed by atoms with Gasteiger partial charge in [-0.3, -0.25) is 10.1 Å². The van der Waals surface area contributed by atoms with Gasteiger partial charge in [-0.2, -0.15) is 0 Å². The SMILES string of the molecule is CN(C)C1(CNCc2ccc(Cl)c([N+](=O)[O-])c2)CCC1. The van der Waals surface area contributed by atoms with Crippen LogP contribution in [0.4, 0.5) is 5.69 Å². The first-order chi connectivity index (χ1) is 9.44. The lowest BCUT2D eigenvalue weighted by Crippen LogP contribution is -2.56. The third-order valence-corrected chi connectivity index (χ3v) is 4.54. The Morgan fingerprint density at radius 2 is 2.15 bits per heavy atom. The molecule has 0 aromatic heterocycles. The Balaban J connectivity index is 1.94. The maximum atomic E-state index is 10.8. The summed E-state index contributed by atoms with van der Waals surface area (Å²) in [7, 11) is 4.21. The van der Waals surface area contributed by atoms with E-state index in [1.807, 2.05) is 6.07 Å². The summed E-state index contributed by atoms with van der Waals surface area (Å²) in [5, 5.41) is 14.4. The van der Waals surface area contributed by atoms with E-state index in [1.54, 1.807) is 12.1 Å². The van der Waals surface area contributed by atoms with Gasteiger partial charge in [0, 0.05) is 24.7 Å². The molecule has 1 fully saturated rings. The fourth-order valence-electron chi connectivity index (χ4n) is 2.61. The normalized spacial score (nSPS) is 17.0. The topological polar surface area (TPSA) is 58.4 Å². The molecule has 0 unspecified atom stereocenters. The van der Waals surface area contributed by atoms with Crippen LogP contribution in [-0.2, 0) is 6.54 Å². The predicted molar refractivity (Wildman–Crippen MR) is 80.1 cm³/mol. The molecule has 0 spiro atoms. The van der Waals surface area contributed by atoms with Crippen LogP contribution >= 0.6 is 11.6 Å². The average molecular weight is 298 g/mol. The zero-order valence-corrected chi connectivity index (χ0v) is 12.6. The Labute approximate surface area is 124 Å². The van der Waals surface area contributed by atoms with Crippen LogP contribution in [0.25, 0.3) is 0 Å². The molecule has 2 rings (SSSR count). The first-order valence-corrected chi connectivity index (χ1v) is 7.13. The van der Waals surface area contributed by atoms with Crippen LogP contribution in [0.15, 0.2) is 18.2 Å². The molecule has 6 heteroatoms. The zero-order chi connectivity index (χ0) is 14.8. The predicted octanol–water partition coefficient (Wildman–Crippen LogP) is 2.82. The highest BCUT2D eigenvalue weighted by Crippen LogP contribution is 2.35. The van der Waals surface area contributed by atoms with Crippen LogP contribution in [0.5, 0.6) is 0 Å². The zero-order valence-electron chi connectivity index (χ0n) is 11.9. The summed E-state index contributed by atoms with van der Waals surface area (Å²) < 4.78 is 0. The van der Waals surface area contributed by atoms with Crippen molar-refractivity contribution in [2.75, 3.05) is 20.6 Å². The van der Waals surface area contributed by atoms with Gasteiger partial charge in [-0.15, -0.1) is 0 Å². The maximum absolute atomic E-state index is 10.8. The van der Waals surface area contributed by atoms with Crippen molar-refractivity contribution in [3.8, 4) is 0 Å². The van der Waals surface area contributed by atoms with Crippen molar-refractivity contribution in [1.82, 2.24) is 10.2 Å². The molecule has 0 amide bonds. The molecule has 5 nitrogen and oxygen atoms in total. The molecule has 0 radical (unpaired) electrons. The minimum absolute atomic E-state index is 0.0306. The summed E-state index contributed by atoms with van der Waals surface area (Å²) >= 11 is 5.80. The highest BCUT2D eigenvalue weighted by molar-refractivity contribution is 6.32. The molecule has 1 aromatic rings. The monoisotopic (exact) mass is 297 g/mol. The summed E-state index contributed by atoms with van der Waals surface area (Å²) in [6.07, 6.45) is 3.67. The van der Waals surface area contributed by atoms with Crippen molar-refractivity contribution in [3.63, 3.8) is 0 Å². The van der Waals surface area contributed by atoms with Crippen LogP contribution in [0, 0.1) is 10.1 Å². The molecule has 110 valence electrons. The summed E-state index contributed by atoms with van der Waals surface area (Å²) in [5.41, 5.74) is 1.10. The van der Waals surface area contributed by atoms with Gasteiger partial charge in [-0.1, -0.05) is 17.7 Å². The highest BCUT2D eigenvalue weighted by Gasteiger charge is 2.38. The lowest BCUT2D eigenvalue weighted by atomic mass is 9.75. The largest absolute Gasteiger partial charge is 0.311 e. The van der Waals surface area contributed by atoms with E-state index in [4.69, 9.17) is 11.6 Å².